The van der Waals surface area contributed by atoms with E-state index in [1.807, 2.05) is 0 Å². The Hall–Kier alpha value is -2.34. The van der Waals surface area contributed by atoms with Crippen molar-refractivity contribution in [2.24, 2.45) is 0 Å². The summed E-state index contributed by atoms with van der Waals surface area (Å²) in [7, 11) is 1.34. The molecule has 0 bridgehead atoms. The quantitative estimate of drug-likeness (QED) is 0.787. The van der Waals surface area contributed by atoms with Crippen molar-refractivity contribution in [1.29, 1.82) is 0 Å². The number of hydrogen-bond donors (Lipinski definition) is 1. The molecular formula is C14H10ClF2N3O. The van der Waals surface area contributed by atoms with Gasteiger partial charge in [-0.25, -0.2) is 13.8 Å². The van der Waals surface area contributed by atoms with Crippen molar-refractivity contribution in [2.75, 3.05) is 12.8 Å². The molecule has 0 aliphatic heterocycles. The van der Waals surface area contributed by atoms with Gasteiger partial charge in [0.05, 0.1) is 23.8 Å². The molecule has 3 aromatic rings. The number of hydrogen-bond acceptors (Lipinski definition) is 3. The minimum Gasteiger partial charge on any atom is -0.494 e. The van der Waals surface area contributed by atoms with Crippen molar-refractivity contribution in [3.05, 3.63) is 47.0 Å². The highest BCUT2D eigenvalue weighted by atomic mass is 35.5. The predicted octanol–water partition coefficient (Wildman–Crippen LogP) is 3.55. The van der Waals surface area contributed by atoms with Crippen molar-refractivity contribution in [2.45, 2.75) is 0 Å². The molecule has 0 amide bonds. The lowest BCUT2D eigenvalue weighted by atomic mass is 10.2. The number of aromatic nitrogens is 2. The fraction of sp³-hybridized carbons (Fsp3) is 0.0714. The second-order valence-corrected chi connectivity index (χ2v) is 4.81. The summed E-state index contributed by atoms with van der Waals surface area (Å²) in [5.74, 6) is -1.04. The van der Waals surface area contributed by atoms with Crippen LogP contribution in [0.3, 0.4) is 0 Å². The summed E-state index contributed by atoms with van der Waals surface area (Å²) in [4.78, 5) is 4.03. The van der Waals surface area contributed by atoms with Crippen LogP contribution < -0.4 is 10.5 Å². The molecule has 0 aliphatic rings. The Balaban J connectivity index is 2.36. The first-order valence-electron chi connectivity index (χ1n) is 5.98. The predicted molar refractivity (Wildman–Crippen MR) is 77.0 cm³/mol. The Labute approximate surface area is 123 Å². The number of methoxy groups -OCH3 is 1. The standard InChI is InChI=1S/C14H10ClF2N3O/c1-21-13-6-12-10(5-9(13)17)19-14(18)20(12)11-4-7(15)2-3-8(11)16/h2-6H,1H3,(H2,18,19). The number of fused-ring (bicyclic) bond motifs is 1. The Morgan fingerprint density at radius 3 is 2.67 bits per heavy atom. The lowest BCUT2D eigenvalue weighted by Crippen LogP contribution is -2.03. The van der Waals surface area contributed by atoms with E-state index in [0.29, 0.717) is 16.1 Å². The average Bonchev–Trinajstić information content (AvgIpc) is 2.75. The average molecular weight is 310 g/mol. The van der Waals surface area contributed by atoms with E-state index in [1.165, 1.54) is 42.0 Å². The molecule has 1 heterocycles. The van der Waals surface area contributed by atoms with Crippen LogP contribution in [0.15, 0.2) is 30.3 Å². The molecule has 0 fully saturated rings. The lowest BCUT2D eigenvalue weighted by molar-refractivity contribution is 0.387. The number of nitrogen functional groups attached to an aromatic ring is 1. The molecule has 0 saturated heterocycles. The fourth-order valence-corrected chi connectivity index (χ4v) is 2.33. The number of nitrogens with two attached hydrogens (primary N) is 1. The van der Waals surface area contributed by atoms with Gasteiger partial charge in [-0.2, -0.15) is 0 Å². The number of benzene rings is 2. The Kier molecular flexibility index (Phi) is 3.17. The Bertz CT molecular complexity index is 848. The van der Waals surface area contributed by atoms with Gasteiger partial charge in [0, 0.05) is 17.2 Å². The second kappa shape index (κ2) is 4.89. The second-order valence-electron chi connectivity index (χ2n) is 4.38. The van der Waals surface area contributed by atoms with Crippen LogP contribution in [-0.2, 0) is 0 Å². The summed E-state index contributed by atoms with van der Waals surface area (Å²) < 4.78 is 34.0. The molecule has 2 N–H and O–H groups in total. The third-order valence-electron chi connectivity index (χ3n) is 3.10. The van der Waals surface area contributed by atoms with Crippen molar-refractivity contribution < 1.29 is 13.5 Å². The van der Waals surface area contributed by atoms with Gasteiger partial charge in [0.25, 0.3) is 0 Å². The summed E-state index contributed by atoms with van der Waals surface area (Å²) in [6, 6.07) is 6.67. The fourth-order valence-electron chi connectivity index (χ4n) is 2.16. The van der Waals surface area contributed by atoms with E-state index >= 15 is 0 Å². The Morgan fingerprint density at radius 2 is 1.95 bits per heavy atom. The highest BCUT2D eigenvalue weighted by molar-refractivity contribution is 6.30. The molecule has 2 aromatic carbocycles. The van der Waals surface area contributed by atoms with Crippen molar-refractivity contribution in [3.8, 4) is 11.4 Å². The molecule has 1 aromatic heterocycles. The third kappa shape index (κ3) is 2.17. The maximum atomic E-state index is 14.0. The van der Waals surface area contributed by atoms with E-state index in [2.05, 4.69) is 4.98 Å². The van der Waals surface area contributed by atoms with Gasteiger partial charge in [-0.05, 0) is 18.2 Å². The minimum absolute atomic E-state index is 0.0195. The number of ether oxygens (including phenoxy) is 1. The van der Waals surface area contributed by atoms with Crippen LogP contribution in [0.2, 0.25) is 5.02 Å². The molecule has 0 atom stereocenters. The monoisotopic (exact) mass is 309 g/mol. The van der Waals surface area contributed by atoms with Gasteiger partial charge in [0.2, 0.25) is 5.95 Å². The maximum Gasteiger partial charge on any atom is 0.206 e. The maximum absolute atomic E-state index is 14.0. The zero-order valence-electron chi connectivity index (χ0n) is 10.9. The van der Waals surface area contributed by atoms with Gasteiger partial charge in [0.15, 0.2) is 11.6 Å². The summed E-state index contributed by atoms with van der Waals surface area (Å²) in [5.41, 5.74) is 6.68. The van der Waals surface area contributed by atoms with Crippen molar-refractivity contribution in [1.82, 2.24) is 9.55 Å². The van der Waals surface area contributed by atoms with Crippen LogP contribution in [-0.4, -0.2) is 16.7 Å². The van der Waals surface area contributed by atoms with E-state index in [9.17, 15) is 8.78 Å². The molecule has 0 saturated carbocycles. The van der Waals surface area contributed by atoms with E-state index in [1.54, 1.807) is 0 Å². The SMILES string of the molecule is COc1cc2c(cc1F)nc(N)n2-c1cc(Cl)ccc1F. The normalized spacial score (nSPS) is 11.0. The lowest BCUT2D eigenvalue weighted by Gasteiger charge is -2.09. The first-order chi connectivity index (χ1) is 10.0. The molecule has 7 heteroatoms. The number of halogens is 3. The highest BCUT2D eigenvalue weighted by Crippen LogP contribution is 2.30. The van der Waals surface area contributed by atoms with Crippen LogP contribution in [0.25, 0.3) is 16.7 Å². The van der Waals surface area contributed by atoms with E-state index in [0.717, 1.165) is 0 Å². The number of rotatable bonds is 2. The van der Waals surface area contributed by atoms with E-state index < -0.39 is 11.6 Å². The zero-order chi connectivity index (χ0) is 15.1. The molecule has 0 aliphatic carbocycles. The third-order valence-corrected chi connectivity index (χ3v) is 3.34. The minimum atomic E-state index is -0.568. The summed E-state index contributed by atoms with van der Waals surface area (Å²) >= 11 is 5.90. The largest absolute Gasteiger partial charge is 0.494 e. The van der Waals surface area contributed by atoms with Crippen molar-refractivity contribution >= 4 is 28.6 Å². The van der Waals surface area contributed by atoms with Gasteiger partial charge in [-0.1, -0.05) is 11.6 Å². The van der Waals surface area contributed by atoms with Gasteiger partial charge in [-0.3, -0.25) is 4.57 Å². The van der Waals surface area contributed by atoms with E-state index in [-0.39, 0.29) is 17.4 Å². The van der Waals surface area contributed by atoms with Crippen LogP contribution in [0, 0.1) is 11.6 Å². The summed E-state index contributed by atoms with van der Waals surface area (Å²) in [5, 5.41) is 0.349. The smallest absolute Gasteiger partial charge is 0.206 e. The van der Waals surface area contributed by atoms with Crippen molar-refractivity contribution in [3.63, 3.8) is 0 Å². The molecule has 4 nitrogen and oxygen atoms in total. The van der Waals surface area contributed by atoms with Crippen LogP contribution in [0.1, 0.15) is 0 Å². The van der Waals surface area contributed by atoms with E-state index in [4.69, 9.17) is 22.1 Å². The van der Waals surface area contributed by atoms with Crippen LogP contribution in [0.4, 0.5) is 14.7 Å². The molecule has 0 radical (unpaired) electrons. The first-order valence-corrected chi connectivity index (χ1v) is 6.36. The number of anilines is 1. The number of nitrogens with zero attached hydrogens (tertiary/aromatic N) is 2. The molecule has 108 valence electrons. The topological polar surface area (TPSA) is 53.1 Å². The molecular weight excluding hydrogens is 300 g/mol. The summed E-state index contributed by atoms with van der Waals surface area (Å²) in [6.07, 6.45) is 0. The molecule has 21 heavy (non-hydrogen) atoms. The van der Waals surface area contributed by atoms with Crippen LogP contribution in [0.5, 0.6) is 5.75 Å². The van der Waals surface area contributed by atoms with Gasteiger partial charge in [-0.15, -0.1) is 0 Å². The first kappa shape index (κ1) is 13.6. The van der Waals surface area contributed by atoms with Gasteiger partial charge in [0.1, 0.15) is 5.82 Å². The highest BCUT2D eigenvalue weighted by Gasteiger charge is 2.17. The zero-order valence-corrected chi connectivity index (χ0v) is 11.7. The van der Waals surface area contributed by atoms with Gasteiger partial charge < -0.3 is 10.5 Å². The van der Waals surface area contributed by atoms with Gasteiger partial charge >= 0.3 is 0 Å². The molecule has 0 unspecified atom stereocenters. The summed E-state index contributed by atoms with van der Waals surface area (Å²) in [6.45, 7) is 0. The Morgan fingerprint density at radius 1 is 1.19 bits per heavy atom. The molecule has 0 spiro atoms. The molecule has 3 rings (SSSR count). The van der Waals surface area contributed by atoms with Crippen LogP contribution >= 0.6 is 11.6 Å². The number of imidazole rings is 1.